The van der Waals surface area contributed by atoms with E-state index in [-0.39, 0.29) is 5.41 Å². The number of nitrogens with zero attached hydrogens (tertiary/aromatic N) is 2. The van der Waals surface area contributed by atoms with E-state index in [9.17, 15) is 0 Å². The lowest BCUT2D eigenvalue weighted by Crippen LogP contribution is -2.09. The summed E-state index contributed by atoms with van der Waals surface area (Å²) in [4.78, 5) is 4.75. The molecule has 0 saturated heterocycles. The summed E-state index contributed by atoms with van der Waals surface area (Å²) in [5.41, 5.74) is 9.30. The number of furan rings is 1. The second-order valence-electron chi connectivity index (χ2n) is 11.5. The van der Waals surface area contributed by atoms with Crippen molar-refractivity contribution < 1.29 is 4.42 Å². The minimum atomic E-state index is 0.231. The van der Waals surface area contributed by atoms with Crippen LogP contribution in [0.25, 0.3) is 71.3 Å². The zero-order valence-electron chi connectivity index (χ0n) is 21.2. The number of benzene rings is 4. The van der Waals surface area contributed by atoms with Gasteiger partial charge in [-0.2, -0.15) is 0 Å². The van der Waals surface area contributed by atoms with Gasteiger partial charge in [0.1, 0.15) is 11.2 Å². The molecule has 37 heavy (non-hydrogen) atoms. The lowest BCUT2D eigenvalue weighted by Gasteiger charge is -2.18. The molecule has 4 heterocycles. The maximum Gasteiger partial charge on any atom is 0.136 e. The van der Waals surface area contributed by atoms with Crippen molar-refractivity contribution in [2.75, 3.05) is 0 Å². The van der Waals surface area contributed by atoms with Crippen molar-refractivity contribution >= 4 is 60.0 Å². The first-order valence-electron chi connectivity index (χ1n) is 12.9. The Morgan fingerprint density at radius 3 is 2.35 bits per heavy atom. The molecule has 0 atom stereocenters. The van der Waals surface area contributed by atoms with E-state index in [0.29, 0.717) is 0 Å². The third kappa shape index (κ3) is 2.91. The Morgan fingerprint density at radius 1 is 0.703 bits per heavy atom. The molecule has 0 unspecified atom stereocenters. The molecule has 4 aromatic heterocycles. The number of fused-ring (bicyclic) bond motifs is 10. The predicted octanol–water partition coefficient (Wildman–Crippen LogP) is 9.39. The van der Waals surface area contributed by atoms with Crippen LogP contribution >= 0.6 is 0 Å². The monoisotopic (exact) mass is 478 g/mol. The lowest BCUT2D eigenvalue weighted by atomic mass is 9.88. The van der Waals surface area contributed by atoms with Gasteiger partial charge in [0.2, 0.25) is 0 Å². The van der Waals surface area contributed by atoms with Gasteiger partial charge < -0.3 is 8.82 Å². The Labute approximate surface area is 214 Å². The van der Waals surface area contributed by atoms with Gasteiger partial charge in [0.25, 0.3) is 0 Å². The van der Waals surface area contributed by atoms with Gasteiger partial charge in [-0.1, -0.05) is 63.2 Å². The summed E-state index contributed by atoms with van der Waals surface area (Å²) in [6.07, 6.45) is 2.97. The number of hydrogen-bond donors (Lipinski definition) is 0. The van der Waals surface area contributed by atoms with E-state index < -0.39 is 0 Å². The van der Waals surface area contributed by atoms with Gasteiger partial charge in [-0.3, -0.25) is 4.98 Å². The van der Waals surface area contributed by atoms with Crippen LogP contribution in [-0.2, 0) is 6.42 Å². The molecular weight excluding hydrogens is 452 g/mol. The van der Waals surface area contributed by atoms with Gasteiger partial charge in [-0.15, -0.1) is 0 Å². The highest BCUT2D eigenvalue weighted by atomic mass is 16.3. The Hall–Kier alpha value is -4.37. The Morgan fingerprint density at radius 2 is 1.49 bits per heavy atom. The first-order valence-corrected chi connectivity index (χ1v) is 12.9. The fraction of sp³-hybridized carbons (Fsp3) is 0.147. The molecule has 8 rings (SSSR count). The quantitative estimate of drug-likeness (QED) is 0.248. The summed E-state index contributed by atoms with van der Waals surface area (Å²) in [6, 6.07) is 30.5. The summed E-state index contributed by atoms with van der Waals surface area (Å²) in [6.45, 7) is 6.84. The van der Waals surface area contributed by atoms with Gasteiger partial charge in [0, 0.05) is 44.1 Å². The summed E-state index contributed by atoms with van der Waals surface area (Å²) in [7, 11) is 0. The van der Waals surface area contributed by atoms with Crippen LogP contribution in [0.2, 0.25) is 0 Å². The molecular formula is C34H26N2O. The lowest BCUT2D eigenvalue weighted by molar-refractivity contribution is 0.411. The Kier molecular flexibility index (Phi) is 3.99. The average molecular weight is 479 g/mol. The number of rotatable bonds is 2. The van der Waals surface area contributed by atoms with Crippen molar-refractivity contribution in [3.05, 3.63) is 96.7 Å². The number of para-hydroxylation sites is 2. The van der Waals surface area contributed by atoms with E-state index in [1.54, 1.807) is 0 Å². The normalized spacial score (nSPS) is 12.8. The van der Waals surface area contributed by atoms with Gasteiger partial charge in [0.15, 0.2) is 0 Å². The first kappa shape index (κ1) is 20.8. The van der Waals surface area contributed by atoms with Crippen LogP contribution in [0, 0.1) is 5.41 Å². The summed E-state index contributed by atoms with van der Waals surface area (Å²) >= 11 is 0. The topological polar surface area (TPSA) is 30.4 Å². The number of hydrogen-bond acceptors (Lipinski definition) is 2. The molecule has 4 aromatic carbocycles. The fourth-order valence-electron chi connectivity index (χ4n) is 6.29. The highest BCUT2D eigenvalue weighted by molar-refractivity contribution is 6.34. The fourth-order valence-corrected chi connectivity index (χ4v) is 6.29. The second kappa shape index (κ2) is 7.10. The van der Waals surface area contributed by atoms with Gasteiger partial charge in [0.05, 0.1) is 22.2 Å². The summed E-state index contributed by atoms with van der Waals surface area (Å²) < 4.78 is 8.85. The molecule has 0 aliphatic heterocycles. The van der Waals surface area contributed by atoms with Crippen LogP contribution in [0.15, 0.2) is 95.5 Å². The van der Waals surface area contributed by atoms with Gasteiger partial charge in [-0.25, -0.2) is 0 Å². The van der Waals surface area contributed by atoms with Crippen LogP contribution < -0.4 is 0 Å². The van der Waals surface area contributed by atoms with Crippen LogP contribution in [0.3, 0.4) is 0 Å². The molecule has 178 valence electrons. The van der Waals surface area contributed by atoms with Crippen molar-refractivity contribution in [3.8, 4) is 11.3 Å². The second-order valence-corrected chi connectivity index (χ2v) is 11.5. The van der Waals surface area contributed by atoms with E-state index in [2.05, 4.69) is 104 Å². The Bertz CT molecular complexity index is 2150. The van der Waals surface area contributed by atoms with Crippen molar-refractivity contribution in [2.24, 2.45) is 5.41 Å². The van der Waals surface area contributed by atoms with E-state index in [1.165, 1.54) is 54.4 Å². The number of aromatic nitrogens is 2. The molecule has 0 N–H and O–H groups in total. The minimum Gasteiger partial charge on any atom is -0.456 e. The van der Waals surface area contributed by atoms with Crippen molar-refractivity contribution in [1.82, 2.24) is 9.38 Å². The van der Waals surface area contributed by atoms with Crippen molar-refractivity contribution in [2.45, 2.75) is 27.2 Å². The average Bonchev–Trinajstić information content (AvgIpc) is 3.53. The molecule has 0 saturated carbocycles. The van der Waals surface area contributed by atoms with Crippen LogP contribution in [0.1, 0.15) is 26.3 Å². The highest BCUT2D eigenvalue weighted by Gasteiger charge is 2.23. The Balaban J connectivity index is 1.48. The molecule has 0 aliphatic carbocycles. The van der Waals surface area contributed by atoms with Crippen LogP contribution in [0.4, 0.5) is 0 Å². The molecule has 0 amide bonds. The molecule has 0 bridgehead atoms. The van der Waals surface area contributed by atoms with E-state index in [1.807, 2.05) is 12.3 Å². The SMILES string of the molecule is CC(C)(C)Cc1ccnc(-c2ccc3c(c2)c2cc4oc5ccccc5c4c4c5ccccc5n3c24)c1. The van der Waals surface area contributed by atoms with Crippen molar-refractivity contribution in [1.29, 1.82) is 0 Å². The minimum absolute atomic E-state index is 0.231. The standard InChI is InChI=1S/C34H26N2O/c1-34(2,3)19-20-14-15-35-26(16-20)21-12-13-28-24(17-21)25-18-30-31(23-9-5-7-11-29(23)37-30)32-22-8-4-6-10-27(22)36(28)33(25)32/h4-18H,19H2,1-3H3. The van der Waals surface area contributed by atoms with Crippen molar-refractivity contribution in [3.63, 3.8) is 0 Å². The first-order chi connectivity index (χ1) is 18.0. The van der Waals surface area contributed by atoms with E-state index in [4.69, 9.17) is 9.40 Å². The zero-order valence-corrected chi connectivity index (χ0v) is 21.2. The smallest absolute Gasteiger partial charge is 0.136 e. The summed E-state index contributed by atoms with van der Waals surface area (Å²) in [5, 5.41) is 7.37. The maximum absolute atomic E-state index is 6.41. The van der Waals surface area contributed by atoms with Gasteiger partial charge in [-0.05, 0) is 59.9 Å². The molecule has 0 radical (unpaired) electrons. The molecule has 0 spiro atoms. The molecule has 8 aromatic rings. The third-order valence-electron chi connectivity index (χ3n) is 7.66. The van der Waals surface area contributed by atoms with E-state index >= 15 is 0 Å². The third-order valence-corrected chi connectivity index (χ3v) is 7.66. The van der Waals surface area contributed by atoms with Gasteiger partial charge >= 0.3 is 0 Å². The molecule has 3 nitrogen and oxygen atoms in total. The summed E-state index contributed by atoms with van der Waals surface area (Å²) in [5.74, 6) is 0. The largest absolute Gasteiger partial charge is 0.456 e. The van der Waals surface area contributed by atoms with E-state index in [0.717, 1.165) is 28.8 Å². The predicted molar refractivity (Wildman–Crippen MR) is 155 cm³/mol. The zero-order chi connectivity index (χ0) is 24.9. The molecule has 0 aliphatic rings. The molecule has 3 heteroatoms. The highest BCUT2D eigenvalue weighted by Crippen LogP contribution is 2.46. The maximum atomic E-state index is 6.41. The molecule has 0 fully saturated rings. The number of pyridine rings is 1. The van der Waals surface area contributed by atoms with Crippen LogP contribution in [0.5, 0.6) is 0 Å². The van der Waals surface area contributed by atoms with Crippen LogP contribution in [-0.4, -0.2) is 9.38 Å².